The van der Waals surface area contributed by atoms with E-state index in [0.29, 0.717) is 0 Å². The zero-order valence-electron chi connectivity index (χ0n) is 9.93. The van der Waals surface area contributed by atoms with Crippen LogP contribution in [-0.2, 0) is 9.53 Å². The van der Waals surface area contributed by atoms with Crippen LogP contribution in [0.4, 0.5) is 0 Å². The molecule has 2 N–H and O–H groups in total. The summed E-state index contributed by atoms with van der Waals surface area (Å²) in [5.41, 5.74) is 0.134. The zero-order chi connectivity index (χ0) is 11.3. The molecule has 4 heteroatoms. The van der Waals surface area contributed by atoms with Crippen LogP contribution in [0.2, 0.25) is 0 Å². The lowest BCUT2D eigenvalue weighted by Crippen LogP contribution is -2.40. The van der Waals surface area contributed by atoms with Gasteiger partial charge in [0.25, 0.3) is 0 Å². The molecule has 1 amide bonds. The van der Waals surface area contributed by atoms with E-state index < -0.39 is 0 Å². The largest absolute Gasteiger partial charge is 0.381 e. The van der Waals surface area contributed by atoms with Crippen LogP contribution in [-0.4, -0.2) is 39.3 Å². The highest BCUT2D eigenvalue weighted by molar-refractivity contribution is 5.78. The first-order valence-corrected chi connectivity index (χ1v) is 5.57. The fourth-order valence-corrected chi connectivity index (χ4v) is 1.72. The first kappa shape index (κ1) is 12.5. The van der Waals surface area contributed by atoms with E-state index >= 15 is 0 Å². The minimum Gasteiger partial charge on any atom is -0.381 e. The van der Waals surface area contributed by atoms with Crippen LogP contribution in [0.5, 0.6) is 0 Å². The summed E-state index contributed by atoms with van der Waals surface area (Å²) in [7, 11) is 1.86. The van der Waals surface area contributed by atoms with Gasteiger partial charge >= 0.3 is 0 Å². The maximum Gasteiger partial charge on any atom is 0.224 e. The SMILES string of the molecule is CNCC(C)C(=O)NCC1(C)CCOC1. The summed E-state index contributed by atoms with van der Waals surface area (Å²) in [6.07, 6.45) is 1.04. The van der Waals surface area contributed by atoms with Crippen LogP contribution in [0.15, 0.2) is 0 Å². The van der Waals surface area contributed by atoms with Gasteiger partial charge in [-0.25, -0.2) is 0 Å². The molecule has 1 aliphatic heterocycles. The molecule has 0 spiro atoms. The highest BCUT2D eigenvalue weighted by Crippen LogP contribution is 2.26. The molecule has 2 unspecified atom stereocenters. The molecule has 15 heavy (non-hydrogen) atoms. The van der Waals surface area contributed by atoms with E-state index in [1.54, 1.807) is 0 Å². The number of amides is 1. The monoisotopic (exact) mass is 214 g/mol. The highest BCUT2D eigenvalue weighted by atomic mass is 16.5. The Labute approximate surface area is 91.8 Å². The van der Waals surface area contributed by atoms with Gasteiger partial charge in [-0.15, -0.1) is 0 Å². The van der Waals surface area contributed by atoms with E-state index in [1.165, 1.54) is 0 Å². The fraction of sp³-hybridized carbons (Fsp3) is 0.909. The molecule has 2 atom stereocenters. The molecule has 88 valence electrons. The Morgan fingerprint density at radius 1 is 1.60 bits per heavy atom. The Balaban J connectivity index is 2.26. The molecule has 1 saturated heterocycles. The number of carbonyl (C=O) groups is 1. The molecule has 0 bridgehead atoms. The molecule has 1 heterocycles. The maximum absolute atomic E-state index is 11.6. The van der Waals surface area contributed by atoms with Crippen LogP contribution in [0.25, 0.3) is 0 Å². The number of ether oxygens (including phenoxy) is 1. The van der Waals surface area contributed by atoms with Crippen molar-refractivity contribution in [1.82, 2.24) is 10.6 Å². The van der Waals surface area contributed by atoms with E-state index in [2.05, 4.69) is 17.6 Å². The summed E-state index contributed by atoms with van der Waals surface area (Å²) in [5, 5.41) is 5.99. The molecular formula is C11H22N2O2. The van der Waals surface area contributed by atoms with Crippen LogP contribution in [0.1, 0.15) is 20.3 Å². The Morgan fingerprint density at radius 3 is 2.87 bits per heavy atom. The fourth-order valence-electron chi connectivity index (χ4n) is 1.72. The lowest BCUT2D eigenvalue weighted by Gasteiger charge is -2.23. The lowest BCUT2D eigenvalue weighted by molar-refractivity contribution is -0.124. The molecule has 0 aromatic rings. The summed E-state index contributed by atoms with van der Waals surface area (Å²) in [4.78, 5) is 11.6. The molecule has 1 fully saturated rings. The van der Waals surface area contributed by atoms with Crippen molar-refractivity contribution >= 4 is 5.91 Å². The average molecular weight is 214 g/mol. The second-order valence-electron chi connectivity index (χ2n) is 4.79. The van der Waals surface area contributed by atoms with Crippen LogP contribution >= 0.6 is 0 Å². The standard InChI is InChI=1S/C11H22N2O2/c1-9(6-12-3)10(14)13-7-11(2)4-5-15-8-11/h9,12H,4-8H2,1-3H3,(H,13,14). The third-order valence-electron chi connectivity index (χ3n) is 2.95. The summed E-state index contributed by atoms with van der Waals surface area (Å²) in [5.74, 6) is 0.151. The Kier molecular flexibility index (Phi) is 4.54. The molecule has 0 aliphatic carbocycles. The molecule has 4 nitrogen and oxygen atoms in total. The maximum atomic E-state index is 11.6. The van der Waals surface area contributed by atoms with Gasteiger partial charge in [-0.3, -0.25) is 4.79 Å². The first-order valence-electron chi connectivity index (χ1n) is 5.57. The second-order valence-corrected chi connectivity index (χ2v) is 4.79. The smallest absolute Gasteiger partial charge is 0.224 e. The average Bonchev–Trinajstić information content (AvgIpc) is 2.63. The van der Waals surface area contributed by atoms with Gasteiger partial charge < -0.3 is 15.4 Å². The van der Waals surface area contributed by atoms with Gasteiger partial charge in [0.05, 0.1) is 6.61 Å². The van der Waals surface area contributed by atoms with Gasteiger partial charge in [0.2, 0.25) is 5.91 Å². The molecule has 0 radical (unpaired) electrons. The predicted octanol–water partition coefficient (Wildman–Crippen LogP) is 0.385. The van der Waals surface area contributed by atoms with Crippen molar-refractivity contribution in [1.29, 1.82) is 0 Å². The minimum atomic E-state index is 0.0286. The Bertz CT molecular complexity index is 213. The molecule has 1 aliphatic rings. The van der Waals surface area contributed by atoms with Crippen LogP contribution in [0, 0.1) is 11.3 Å². The third-order valence-corrected chi connectivity index (χ3v) is 2.95. The number of rotatable bonds is 5. The van der Waals surface area contributed by atoms with E-state index in [9.17, 15) is 4.79 Å². The van der Waals surface area contributed by atoms with E-state index in [0.717, 1.165) is 32.7 Å². The van der Waals surface area contributed by atoms with Crippen molar-refractivity contribution in [3.05, 3.63) is 0 Å². The highest BCUT2D eigenvalue weighted by Gasteiger charge is 2.30. The third kappa shape index (κ3) is 3.80. The molecule has 0 aromatic carbocycles. The van der Waals surface area contributed by atoms with Crippen LogP contribution < -0.4 is 10.6 Å². The number of hydrogen-bond donors (Lipinski definition) is 2. The van der Waals surface area contributed by atoms with E-state index in [4.69, 9.17) is 4.74 Å². The molecule has 0 saturated carbocycles. The quantitative estimate of drug-likeness (QED) is 0.696. The summed E-state index contributed by atoms with van der Waals surface area (Å²) in [6.45, 7) is 7.10. The van der Waals surface area contributed by atoms with Gasteiger partial charge in [0.15, 0.2) is 0 Å². The number of hydrogen-bond acceptors (Lipinski definition) is 3. The van der Waals surface area contributed by atoms with Gasteiger partial charge in [0.1, 0.15) is 0 Å². The number of carbonyl (C=O) groups excluding carboxylic acids is 1. The van der Waals surface area contributed by atoms with Crippen molar-refractivity contribution in [2.75, 3.05) is 33.4 Å². The molecule has 1 rings (SSSR count). The van der Waals surface area contributed by atoms with Gasteiger partial charge in [-0.1, -0.05) is 13.8 Å². The van der Waals surface area contributed by atoms with Gasteiger partial charge in [-0.2, -0.15) is 0 Å². The van der Waals surface area contributed by atoms with Crippen molar-refractivity contribution < 1.29 is 9.53 Å². The molecule has 0 aromatic heterocycles. The Morgan fingerprint density at radius 2 is 2.33 bits per heavy atom. The van der Waals surface area contributed by atoms with E-state index in [1.807, 2.05) is 14.0 Å². The first-order chi connectivity index (χ1) is 7.07. The van der Waals surface area contributed by atoms with E-state index in [-0.39, 0.29) is 17.2 Å². The van der Waals surface area contributed by atoms with Gasteiger partial charge in [0, 0.05) is 31.0 Å². The second kappa shape index (κ2) is 5.47. The topological polar surface area (TPSA) is 50.4 Å². The van der Waals surface area contributed by atoms with Crippen molar-refractivity contribution in [3.63, 3.8) is 0 Å². The van der Waals surface area contributed by atoms with Gasteiger partial charge in [-0.05, 0) is 13.5 Å². The summed E-state index contributed by atoms with van der Waals surface area (Å²) in [6, 6.07) is 0. The number of nitrogens with one attached hydrogen (secondary N) is 2. The Hall–Kier alpha value is -0.610. The predicted molar refractivity (Wildman–Crippen MR) is 59.6 cm³/mol. The zero-order valence-corrected chi connectivity index (χ0v) is 9.93. The summed E-state index contributed by atoms with van der Waals surface area (Å²) < 4.78 is 5.34. The normalized spacial score (nSPS) is 27.7. The van der Waals surface area contributed by atoms with Crippen molar-refractivity contribution in [2.45, 2.75) is 20.3 Å². The van der Waals surface area contributed by atoms with Crippen molar-refractivity contribution in [3.8, 4) is 0 Å². The minimum absolute atomic E-state index is 0.0286. The lowest BCUT2D eigenvalue weighted by atomic mass is 9.90. The summed E-state index contributed by atoms with van der Waals surface area (Å²) >= 11 is 0. The molecular weight excluding hydrogens is 192 g/mol. The van der Waals surface area contributed by atoms with Crippen LogP contribution in [0.3, 0.4) is 0 Å². The van der Waals surface area contributed by atoms with Crippen molar-refractivity contribution in [2.24, 2.45) is 11.3 Å².